The van der Waals surface area contributed by atoms with Gasteiger partial charge in [0.25, 0.3) is 0 Å². The summed E-state index contributed by atoms with van der Waals surface area (Å²) in [6.45, 7) is 2.37. The number of piperidine rings is 1. The first kappa shape index (κ1) is 15.5. The summed E-state index contributed by atoms with van der Waals surface area (Å²) in [5.41, 5.74) is 3.05. The summed E-state index contributed by atoms with van der Waals surface area (Å²) in [6, 6.07) is 3.96. The van der Waals surface area contributed by atoms with Crippen LogP contribution in [0.1, 0.15) is 37.5 Å². The maximum Gasteiger partial charge on any atom is 0.225 e. The van der Waals surface area contributed by atoms with Crippen molar-refractivity contribution in [2.24, 2.45) is 0 Å². The molecule has 126 valence electrons. The molecule has 0 bridgehead atoms. The Morgan fingerprint density at radius 2 is 1.92 bits per heavy atom. The molecule has 2 aromatic heterocycles. The Bertz CT molecular complexity index is 681. The Morgan fingerprint density at radius 3 is 2.62 bits per heavy atom. The van der Waals surface area contributed by atoms with E-state index in [1.165, 1.54) is 0 Å². The molecule has 0 spiro atoms. The lowest BCUT2D eigenvalue weighted by Gasteiger charge is -2.30. The van der Waals surface area contributed by atoms with Crippen molar-refractivity contribution in [2.45, 2.75) is 37.9 Å². The quantitative estimate of drug-likeness (QED) is 0.933. The van der Waals surface area contributed by atoms with Gasteiger partial charge < -0.3 is 14.7 Å². The van der Waals surface area contributed by atoms with Gasteiger partial charge in [-0.15, -0.1) is 0 Å². The molecule has 2 fully saturated rings. The van der Waals surface area contributed by atoms with Gasteiger partial charge in [0.1, 0.15) is 6.10 Å². The third-order valence-corrected chi connectivity index (χ3v) is 4.78. The Morgan fingerprint density at radius 1 is 1.12 bits per heavy atom. The second-order valence-electron chi connectivity index (χ2n) is 6.42. The first-order valence-electron chi connectivity index (χ1n) is 8.63. The third kappa shape index (κ3) is 3.12. The summed E-state index contributed by atoms with van der Waals surface area (Å²) in [4.78, 5) is 15.7. The maximum atomic E-state index is 9.70. The average molecular weight is 326 g/mol. The number of ether oxygens (including phenoxy) is 1. The SMILES string of the molecule is OC1CCN(c2ncc(-c3ccncc3)c([C@H]3CCCO3)n2)CC1. The molecule has 2 aliphatic rings. The molecule has 2 saturated heterocycles. The number of aromatic nitrogens is 3. The fraction of sp³-hybridized carbons (Fsp3) is 0.500. The van der Waals surface area contributed by atoms with Gasteiger partial charge in [-0.1, -0.05) is 0 Å². The summed E-state index contributed by atoms with van der Waals surface area (Å²) in [5.74, 6) is 0.741. The van der Waals surface area contributed by atoms with Crippen molar-refractivity contribution < 1.29 is 9.84 Å². The van der Waals surface area contributed by atoms with Crippen molar-refractivity contribution in [1.82, 2.24) is 15.0 Å². The van der Waals surface area contributed by atoms with Crippen molar-refractivity contribution in [3.8, 4) is 11.1 Å². The molecule has 6 heteroatoms. The molecule has 6 nitrogen and oxygen atoms in total. The lowest BCUT2D eigenvalue weighted by Crippen LogP contribution is -2.37. The van der Waals surface area contributed by atoms with Gasteiger partial charge in [0.05, 0.1) is 11.8 Å². The number of nitrogens with zero attached hydrogens (tertiary/aromatic N) is 4. The summed E-state index contributed by atoms with van der Waals surface area (Å²) in [6.07, 6.45) is 8.90. The van der Waals surface area contributed by atoms with Crippen LogP contribution in [0, 0.1) is 0 Å². The van der Waals surface area contributed by atoms with Crippen molar-refractivity contribution in [3.63, 3.8) is 0 Å². The van der Waals surface area contributed by atoms with E-state index in [1.54, 1.807) is 12.4 Å². The standard InChI is InChI=1S/C18H22N4O2/c23-14-5-9-22(10-6-14)18-20-12-15(13-3-7-19-8-4-13)17(21-18)16-2-1-11-24-16/h3-4,7-8,12,14,16,23H,1-2,5-6,9-11H2/t16-/m1/s1. The Labute approximate surface area is 141 Å². The maximum absolute atomic E-state index is 9.70. The van der Waals surface area contributed by atoms with Crippen molar-refractivity contribution in [3.05, 3.63) is 36.4 Å². The number of rotatable bonds is 3. The molecule has 1 atom stereocenters. The predicted octanol–water partition coefficient (Wildman–Crippen LogP) is 2.35. The number of aliphatic hydroxyl groups is 1. The van der Waals surface area contributed by atoms with Gasteiger partial charge in [-0.05, 0) is 43.4 Å². The van der Waals surface area contributed by atoms with Gasteiger partial charge in [-0.2, -0.15) is 0 Å². The van der Waals surface area contributed by atoms with Gasteiger partial charge in [0, 0.05) is 43.9 Å². The number of pyridine rings is 1. The zero-order valence-corrected chi connectivity index (χ0v) is 13.6. The lowest BCUT2D eigenvalue weighted by molar-refractivity contribution is 0.109. The van der Waals surface area contributed by atoms with Gasteiger partial charge in [0.2, 0.25) is 5.95 Å². The van der Waals surface area contributed by atoms with E-state index in [-0.39, 0.29) is 12.2 Å². The normalized spacial score (nSPS) is 22.0. The van der Waals surface area contributed by atoms with Gasteiger partial charge >= 0.3 is 0 Å². The van der Waals surface area contributed by atoms with E-state index < -0.39 is 0 Å². The van der Waals surface area contributed by atoms with Crippen LogP contribution in [-0.4, -0.2) is 45.9 Å². The van der Waals surface area contributed by atoms with Crippen LogP contribution < -0.4 is 4.90 Å². The third-order valence-electron chi connectivity index (χ3n) is 4.78. The topological polar surface area (TPSA) is 71.4 Å². The first-order valence-corrected chi connectivity index (χ1v) is 8.63. The van der Waals surface area contributed by atoms with Crippen LogP contribution in [0.4, 0.5) is 5.95 Å². The van der Waals surface area contributed by atoms with Crippen LogP contribution in [0.3, 0.4) is 0 Å². The minimum atomic E-state index is -0.199. The lowest BCUT2D eigenvalue weighted by atomic mass is 10.0. The zero-order chi connectivity index (χ0) is 16.4. The van der Waals surface area contributed by atoms with Crippen molar-refractivity contribution in [2.75, 3.05) is 24.6 Å². The van der Waals surface area contributed by atoms with Crippen LogP contribution in [-0.2, 0) is 4.74 Å². The van der Waals surface area contributed by atoms with E-state index in [2.05, 4.69) is 14.9 Å². The molecule has 0 unspecified atom stereocenters. The summed E-state index contributed by atoms with van der Waals surface area (Å²) >= 11 is 0. The Hall–Kier alpha value is -2.05. The van der Waals surface area contributed by atoms with Crippen LogP contribution in [0.2, 0.25) is 0 Å². The monoisotopic (exact) mass is 326 g/mol. The molecular formula is C18H22N4O2. The molecule has 24 heavy (non-hydrogen) atoms. The Balaban J connectivity index is 1.69. The second-order valence-corrected chi connectivity index (χ2v) is 6.42. The van der Waals surface area contributed by atoms with Crippen molar-refractivity contribution >= 4 is 5.95 Å². The van der Waals surface area contributed by atoms with Crippen LogP contribution in [0.5, 0.6) is 0 Å². The van der Waals surface area contributed by atoms with E-state index >= 15 is 0 Å². The number of hydrogen-bond acceptors (Lipinski definition) is 6. The van der Waals surface area contributed by atoms with E-state index in [9.17, 15) is 5.11 Å². The predicted molar refractivity (Wildman–Crippen MR) is 90.6 cm³/mol. The van der Waals surface area contributed by atoms with E-state index in [4.69, 9.17) is 9.72 Å². The van der Waals surface area contributed by atoms with E-state index in [0.717, 1.165) is 68.1 Å². The summed E-state index contributed by atoms with van der Waals surface area (Å²) in [5, 5.41) is 9.70. The highest BCUT2D eigenvalue weighted by Gasteiger charge is 2.26. The van der Waals surface area contributed by atoms with Crippen LogP contribution >= 0.6 is 0 Å². The van der Waals surface area contributed by atoms with Gasteiger partial charge in [-0.3, -0.25) is 4.98 Å². The van der Waals surface area contributed by atoms with E-state index in [1.807, 2.05) is 18.3 Å². The van der Waals surface area contributed by atoms with Crippen LogP contribution in [0.15, 0.2) is 30.7 Å². The highest BCUT2D eigenvalue weighted by Crippen LogP contribution is 2.35. The molecule has 1 N–H and O–H groups in total. The summed E-state index contributed by atoms with van der Waals surface area (Å²) in [7, 11) is 0. The first-order chi connectivity index (χ1) is 11.8. The number of anilines is 1. The minimum absolute atomic E-state index is 0.0327. The molecule has 2 aliphatic heterocycles. The fourth-order valence-electron chi connectivity index (χ4n) is 3.40. The molecule has 0 saturated carbocycles. The zero-order valence-electron chi connectivity index (χ0n) is 13.6. The Kier molecular flexibility index (Phi) is 4.40. The largest absolute Gasteiger partial charge is 0.393 e. The molecule has 4 rings (SSSR count). The number of aliphatic hydroxyl groups excluding tert-OH is 1. The highest BCUT2D eigenvalue weighted by atomic mass is 16.5. The highest BCUT2D eigenvalue weighted by molar-refractivity contribution is 5.65. The van der Waals surface area contributed by atoms with Crippen molar-refractivity contribution in [1.29, 1.82) is 0 Å². The van der Waals surface area contributed by atoms with Crippen LogP contribution in [0.25, 0.3) is 11.1 Å². The molecule has 0 aromatic carbocycles. The fourth-order valence-corrected chi connectivity index (χ4v) is 3.40. The second kappa shape index (κ2) is 6.83. The molecule has 0 aliphatic carbocycles. The summed E-state index contributed by atoms with van der Waals surface area (Å²) < 4.78 is 5.90. The van der Waals surface area contributed by atoms with Gasteiger partial charge in [-0.25, -0.2) is 9.97 Å². The average Bonchev–Trinajstić information content (AvgIpc) is 3.17. The molecule has 0 radical (unpaired) electrons. The van der Waals surface area contributed by atoms with E-state index in [0.29, 0.717) is 0 Å². The smallest absolute Gasteiger partial charge is 0.225 e. The molecule has 2 aromatic rings. The number of hydrogen-bond donors (Lipinski definition) is 1. The minimum Gasteiger partial charge on any atom is -0.393 e. The molecule has 4 heterocycles. The van der Waals surface area contributed by atoms with Gasteiger partial charge in [0.15, 0.2) is 0 Å². The molecule has 0 amide bonds. The molecular weight excluding hydrogens is 304 g/mol.